The number of benzene rings is 2. The highest BCUT2D eigenvalue weighted by molar-refractivity contribution is 6.31. The van der Waals surface area contributed by atoms with Crippen molar-refractivity contribution < 1.29 is 24.5 Å². The average molecular weight is 390 g/mol. The molecule has 27 heavy (non-hydrogen) atoms. The van der Waals surface area contributed by atoms with Gasteiger partial charge in [-0.3, -0.25) is 4.79 Å². The summed E-state index contributed by atoms with van der Waals surface area (Å²) in [4.78, 5) is 25.5. The summed E-state index contributed by atoms with van der Waals surface area (Å²) in [6.07, 6.45) is -0.00651. The number of aliphatic hydroxyl groups is 1. The first-order valence-electron chi connectivity index (χ1n) is 8.61. The lowest BCUT2D eigenvalue weighted by atomic mass is 9.91. The van der Waals surface area contributed by atoms with Crippen molar-refractivity contribution in [3.63, 3.8) is 0 Å². The summed E-state index contributed by atoms with van der Waals surface area (Å²) in [7, 11) is 0. The van der Waals surface area contributed by atoms with Crippen molar-refractivity contribution in [1.29, 1.82) is 0 Å². The third kappa shape index (κ3) is 4.23. The van der Waals surface area contributed by atoms with Crippen LogP contribution < -0.4 is 4.74 Å². The highest BCUT2D eigenvalue weighted by Gasteiger charge is 2.40. The van der Waals surface area contributed by atoms with Crippen LogP contribution >= 0.6 is 11.6 Å². The Labute approximate surface area is 161 Å². The maximum absolute atomic E-state index is 12.9. The fourth-order valence-electron chi connectivity index (χ4n) is 3.00. The second-order valence-corrected chi connectivity index (χ2v) is 6.91. The van der Waals surface area contributed by atoms with Gasteiger partial charge in [0.25, 0.3) is 5.91 Å². The number of carbonyl (C=O) groups excluding carboxylic acids is 1. The molecule has 1 aliphatic rings. The van der Waals surface area contributed by atoms with Gasteiger partial charge in [0.15, 0.2) is 5.60 Å². The van der Waals surface area contributed by atoms with E-state index in [-0.39, 0.29) is 38.4 Å². The monoisotopic (exact) mass is 389 g/mol. The van der Waals surface area contributed by atoms with Crippen molar-refractivity contribution in [3.8, 4) is 5.75 Å². The zero-order valence-corrected chi connectivity index (χ0v) is 15.4. The van der Waals surface area contributed by atoms with Gasteiger partial charge in [-0.15, -0.1) is 0 Å². The van der Waals surface area contributed by atoms with Gasteiger partial charge in [-0.25, -0.2) is 4.79 Å². The van der Waals surface area contributed by atoms with Gasteiger partial charge in [0.1, 0.15) is 12.4 Å². The summed E-state index contributed by atoms with van der Waals surface area (Å²) < 4.78 is 5.82. The maximum atomic E-state index is 12.9. The average Bonchev–Trinajstić information content (AvgIpc) is 2.67. The molecule has 7 heteroatoms. The number of carboxylic acids is 1. The van der Waals surface area contributed by atoms with Gasteiger partial charge < -0.3 is 19.8 Å². The minimum atomic E-state index is -1.77. The third-order valence-electron chi connectivity index (χ3n) is 4.73. The molecule has 0 unspecified atom stereocenters. The van der Waals surface area contributed by atoms with Crippen LogP contribution in [0.15, 0.2) is 48.5 Å². The van der Waals surface area contributed by atoms with Gasteiger partial charge in [0.2, 0.25) is 0 Å². The van der Waals surface area contributed by atoms with E-state index < -0.39 is 11.6 Å². The molecule has 2 N–H and O–H groups in total. The maximum Gasteiger partial charge on any atom is 0.335 e. The largest absolute Gasteiger partial charge is 0.488 e. The number of nitrogens with zero attached hydrogens (tertiary/aromatic N) is 1. The molecule has 0 spiro atoms. The van der Waals surface area contributed by atoms with Crippen LogP contribution in [0.5, 0.6) is 5.75 Å². The lowest BCUT2D eigenvalue weighted by Crippen LogP contribution is -2.50. The van der Waals surface area contributed by atoms with E-state index in [0.29, 0.717) is 16.3 Å². The summed E-state index contributed by atoms with van der Waals surface area (Å²) >= 11 is 6.14. The smallest absolute Gasteiger partial charge is 0.335 e. The van der Waals surface area contributed by atoms with Gasteiger partial charge in [-0.1, -0.05) is 41.9 Å². The first-order valence-corrected chi connectivity index (χ1v) is 8.99. The number of aliphatic carboxylic acids is 1. The number of rotatable bonds is 5. The number of para-hydroxylation sites is 1. The molecule has 1 aliphatic heterocycles. The molecule has 6 nitrogen and oxygen atoms in total. The van der Waals surface area contributed by atoms with Crippen molar-refractivity contribution in [2.24, 2.45) is 0 Å². The standard InChI is InChI=1S/C20H20ClNO5/c21-16-7-3-1-5-14(16)13-27-17-8-4-2-6-15(17)18(23)22-11-9-20(26,10-12-22)19(24)25/h1-8,26H,9-13H2,(H,24,25). The number of carbonyl (C=O) groups is 2. The summed E-state index contributed by atoms with van der Waals surface area (Å²) in [6, 6.07) is 14.2. The van der Waals surface area contributed by atoms with E-state index in [1.54, 1.807) is 30.3 Å². The predicted molar refractivity (Wildman–Crippen MR) is 99.9 cm³/mol. The molecule has 0 saturated carbocycles. The number of likely N-dealkylation sites (tertiary alicyclic amines) is 1. The Morgan fingerprint density at radius 2 is 1.70 bits per heavy atom. The van der Waals surface area contributed by atoms with E-state index in [1.807, 2.05) is 18.2 Å². The first-order chi connectivity index (χ1) is 12.9. The van der Waals surface area contributed by atoms with Crippen molar-refractivity contribution in [1.82, 2.24) is 4.90 Å². The van der Waals surface area contributed by atoms with E-state index in [2.05, 4.69) is 0 Å². The molecule has 2 aromatic rings. The molecule has 0 atom stereocenters. The molecule has 1 saturated heterocycles. The predicted octanol–water partition coefficient (Wildman–Crippen LogP) is 2.97. The van der Waals surface area contributed by atoms with Crippen LogP contribution in [0.1, 0.15) is 28.8 Å². The number of amides is 1. The highest BCUT2D eigenvalue weighted by atomic mass is 35.5. The van der Waals surface area contributed by atoms with Crippen LogP contribution in [0, 0.1) is 0 Å². The topological polar surface area (TPSA) is 87.1 Å². The van der Waals surface area contributed by atoms with Gasteiger partial charge >= 0.3 is 5.97 Å². The van der Waals surface area contributed by atoms with Crippen LogP contribution in [0.2, 0.25) is 5.02 Å². The summed E-state index contributed by atoms with van der Waals surface area (Å²) in [6.45, 7) is 0.559. The Bertz CT molecular complexity index is 846. The zero-order chi connectivity index (χ0) is 19.4. The van der Waals surface area contributed by atoms with Crippen LogP contribution in [-0.4, -0.2) is 45.7 Å². The molecule has 142 valence electrons. The van der Waals surface area contributed by atoms with Gasteiger partial charge in [0, 0.05) is 36.5 Å². The Morgan fingerprint density at radius 3 is 2.37 bits per heavy atom. The molecule has 0 aliphatic carbocycles. The molecule has 1 amide bonds. The quantitative estimate of drug-likeness (QED) is 0.820. The van der Waals surface area contributed by atoms with E-state index in [0.717, 1.165) is 5.56 Å². The second-order valence-electron chi connectivity index (χ2n) is 6.51. The van der Waals surface area contributed by atoms with E-state index in [4.69, 9.17) is 21.4 Å². The summed E-state index contributed by atoms with van der Waals surface area (Å²) in [5.74, 6) is -1.07. The van der Waals surface area contributed by atoms with Crippen LogP contribution in [0.25, 0.3) is 0 Å². The fourth-order valence-corrected chi connectivity index (χ4v) is 3.19. The van der Waals surface area contributed by atoms with Crippen LogP contribution in [-0.2, 0) is 11.4 Å². The molecule has 1 heterocycles. The molecule has 1 fully saturated rings. The lowest BCUT2D eigenvalue weighted by Gasteiger charge is -2.35. The normalized spacial score (nSPS) is 16.0. The van der Waals surface area contributed by atoms with Gasteiger partial charge in [0.05, 0.1) is 5.56 Å². The molecule has 0 radical (unpaired) electrons. The molecule has 0 bridgehead atoms. The third-order valence-corrected chi connectivity index (χ3v) is 5.10. The minimum absolute atomic E-state index is 0.00325. The number of ether oxygens (including phenoxy) is 1. The number of piperidine rings is 1. The first kappa shape index (κ1) is 19.2. The molecular weight excluding hydrogens is 370 g/mol. The van der Waals surface area contributed by atoms with Crippen molar-refractivity contribution in [2.75, 3.05) is 13.1 Å². The van der Waals surface area contributed by atoms with Gasteiger partial charge in [-0.05, 0) is 18.2 Å². The second kappa shape index (κ2) is 7.98. The van der Waals surface area contributed by atoms with Crippen LogP contribution in [0.3, 0.4) is 0 Å². The molecular formula is C20H20ClNO5. The summed E-state index contributed by atoms with van der Waals surface area (Å²) in [5.41, 5.74) is -0.562. The fraction of sp³-hybridized carbons (Fsp3) is 0.300. The SMILES string of the molecule is O=C(c1ccccc1OCc1ccccc1Cl)N1CCC(O)(C(=O)O)CC1. The van der Waals surface area contributed by atoms with Crippen LogP contribution in [0.4, 0.5) is 0 Å². The lowest BCUT2D eigenvalue weighted by molar-refractivity contribution is -0.162. The Hall–Kier alpha value is -2.57. The Kier molecular flexibility index (Phi) is 5.68. The number of hydrogen-bond donors (Lipinski definition) is 2. The van der Waals surface area contributed by atoms with E-state index >= 15 is 0 Å². The highest BCUT2D eigenvalue weighted by Crippen LogP contribution is 2.27. The van der Waals surface area contributed by atoms with E-state index in [1.165, 1.54) is 4.90 Å². The van der Waals surface area contributed by atoms with E-state index in [9.17, 15) is 14.7 Å². The van der Waals surface area contributed by atoms with Crippen molar-refractivity contribution in [2.45, 2.75) is 25.0 Å². The molecule has 3 rings (SSSR count). The zero-order valence-electron chi connectivity index (χ0n) is 14.6. The summed E-state index contributed by atoms with van der Waals surface area (Å²) in [5, 5.41) is 19.7. The number of carboxylic acid groups (broad SMARTS) is 1. The Balaban J connectivity index is 1.71. The Morgan fingerprint density at radius 1 is 1.07 bits per heavy atom. The van der Waals surface area contributed by atoms with Crippen molar-refractivity contribution in [3.05, 3.63) is 64.7 Å². The van der Waals surface area contributed by atoms with Gasteiger partial charge in [-0.2, -0.15) is 0 Å². The minimum Gasteiger partial charge on any atom is -0.488 e. The molecule has 2 aromatic carbocycles. The molecule has 0 aromatic heterocycles. The number of halogens is 1. The van der Waals surface area contributed by atoms with Crippen molar-refractivity contribution >= 4 is 23.5 Å². The number of hydrogen-bond acceptors (Lipinski definition) is 4.